The maximum Gasteiger partial charge on any atom is 0.0674 e. The molecule has 0 saturated carbocycles. The van der Waals surface area contributed by atoms with Crippen molar-refractivity contribution in [1.29, 1.82) is 0 Å². The Morgan fingerprint density at radius 1 is 1.56 bits per heavy atom. The summed E-state index contributed by atoms with van der Waals surface area (Å²) in [7, 11) is 0. The van der Waals surface area contributed by atoms with Crippen molar-refractivity contribution < 1.29 is 4.74 Å². The van der Waals surface area contributed by atoms with Crippen molar-refractivity contribution in [2.75, 3.05) is 31.6 Å². The van der Waals surface area contributed by atoms with E-state index in [0.29, 0.717) is 6.10 Å². The number of hydrogen-bond acceptors (Lipinski definition) is 4. The topological polar surface area (TPSA) is 37.4 Å². The van der Waals surface area contributed by atoms with E-state index in [2.05, 4.69) is 35.1 Å². The predicted molar refractivity (Wildman–Crippen MR) is 73.7 cm³/mol. The molecule has 4 nitrogen and oxygen atoms in total. The first kappa shape index (κ1) is 13.3. The van der Waals surface area contributed by atoms with E-state index < -0.39 is 0 Å². The Morgan fingerprint density at radius 2 is 2.44 bits per heavy atom. The van der Waals surface area contributed by atoms with Crippen LogP contribution in [0.1, 0.15) is 26.0 Å². The van der Waals surface area contributed by atoms with E-state index in [-0.39, 0.29) is 0 Å². The van der Waals surface area contributed by atoms with Crippen LogP contribution in [-0.4, -0.2) is 42.2 Å². The first-order chi connectivity index (χ1) is 8.78. The molecule has 1 aliphatic rings. The minimum Gasteiger partial charge on any atom is -0.385 e. The molecule has 0 spiro atoms. The van der Waals surface area contributed by atoms with Gasteiger partial charge in [-0.05, 0) is 25.5 Å². The SMILES string of the molecule is CCCNc1ccnc(CN2CCOC(C)C2)c1. The van der Waals surface area contributed by atoms with Gasteiger partial charge in [-0.2, -0.15) is 0 Å². The molecule has 0 amide bonds. The van der Waals surface area contributed by atoms with Crippen LogP contribution in [0.25, 0.3) is 0 Å². The fraction of sp³-hybridized carbons (Fsp3) is 0.643. The van der Waals surface area contributed by atoms with Crippen molar-refractivity contribution in [1.82, 2.24) is 9.88 Å². The quantitative estimate of drug-likeness (QED) is 0.867. The van der Waals surface area contributed by atoms with Crippen LogP contribution >= 0.6 is 0 Å². The molecule has 0 aromatic carbocycles. The van der Waals surface area contributed by atoms with E-state index in [1.54, 1.807) is 0 Å². The molecule has 2 rings (SSSR count). The van der Waals surface area contributed by atoms with Gasteiger partial charge in [-0.3, -0.25) is 9.88 Å². The first-order valence-corrected chi connectivity index (χ1v) is 6.80. The molecule has 0 aliphatic carbocycles. The van der Waals surface area contributed by atoms with Gasteiger partial charge in [0.15, 0.2) is 0 Å². The molecule has 18 heavy (non-hydrogen) atoms. The van der Waals surface area contributed by atoms with Crippen molar-refractivity contribution in [2.45, 2.75) is 32.9 Å². The highest BCUT2D eigenvalue weighted by atomic mass is 16.5. The van der Waals surface area contributed by atoms with Gasteiger partial charge in [-0.15, -0.1) is 0 Å². The average molecular weight is 249 g/mol. The van der Waals surface area contributed by atoms with Gasteiger partial charge in [0.2, 0.25) is 0 Å². The number of anilines is 1. The fourth-order valence-electron chi connectivity index (χ4n) is 2.21. The zero-order chi connectivity index (χ0) is 12.8. The highest BCUT2D eigenvalue weighted by molar-refractivity contribution is 5.43. The number of ether oxygens (including phenoxy) is 1. The second-order valence-electron chi connectivity index (χ2n) is 4.88. The van der Waals surface area contributed by atoms with Gasteiger partial charge in [0.1, 0.15) is 0 Å². The van der Waals surface area contributed by atoms with E-state index in [0.717, 1.165) is 44.9 Å². The average Bonchev–Trinajstić information content (AvgIpc) is 2.37. The van der Waals surface area contributed by atoms with Gasteiger partial charge < -0.3 is 10.1 Å². The molecule has 1 aromatic heterocycles. The summed E-state index contributed by atoms with van der Waals surface area (Å²) in [6.45, 7) is 9.04. The van der Waals surface area contributed by atoms with E-state index in [1.807, 2.05) is 12.3 Å². The summed E-state index contributed by atoms with van der Waals surface area (Å²) in [4.78, 5) is 6.85. The summed E-state index contributed by atoms with van der Waals surface area (Å²) < 4.78 is 5.55. The van der Waals surface area contributed by atoms with Gasteiger partial charge in [-0.1, -0.05) is 6.92 Å². The molecule has 1 unspecified atom stereocenters. The van der Waals surface area contributed by atoms with Gasteiger partial charge in [0, 0.05) is 38.1 Å². The minimum absolute atomic E-state index is 0.333. The van der Waals surface area contributed by atoms with Crippen LogP contribution in [0, 0.1) is 0 Å². The Bertz CT molecular complexity index is 370. The maximum absolute atomic E-state index is 5.55. The predicted octanol–water partition coefficient (Wildman–Crippen LogP) is 2.12. The first-order valence-electron chi connectivity index (χ1n) is 6.80. The van der Waals surface area contributed by atoms with E-state index in [4.69, 9.17) is 4.74 Å². The van der Waals surface area contributed by atoms with Crippen LogP contribution in [0.15, 0.2) is 18.3 Å². The Kier molecular flexibility index (Phi) is 4.96. The van der Waals surface area contributed by atoms with E-state index in [9.17, 15) is 0 Å². The van der Waals surface area contributed by atoms with Crippen LogP contribution < -0.4 is 5.32 Å². The lowest BCUT2D eigenvalue weighted by atomic mass is 10.2. The molecule has 2 heterocycles. The van der Waals surface area contributed by atoms with Crippen molar-refractivity contribution in [3.63, 3.8) is 0 Å². The minimum atomic E-state index is 0.333. The highest BCUT2D eigenvalue weighted by Crippen LogP contribution is 2.12. The highest BCUT2D eigenvalue weighted by Gasteiger charge is 2.16. The second-order valence-corrected chi connectivity index (χ2v) is 4.88. The summed E-state index contributed by atoms with van der Waals surface area (Å²) in [6, 6.07) is 4.18. The normalized spacial score (nSPS) is 20.9. The zero-order valence-electron chi connectivity index (χ0n) is 11.4. The molecule has 1 N–H and O–H groups in total. The smallest absolute Gasteiger partial charge is 0.0674 e. The Labute approximate surface area is 109 Å². The van der Waals surface area contributed by atoms with Crippen LogP contribution in [0.5, 0.6) is 0 Å². The largest absolute Gasteiger partial charge is 0.385 e. The number of nitrogens with zero attached hydrogens (tertiary/aromatic N) is 2. The van der Waals surface area contributed by atoms with Gasteiger partial charge in [0.05, 0.1) is 18.4 Å². The van der Waals surface area contributed by atoms with Gasteiger partial charge in [-0.25, -0.2) is 0 Å². The third-order valence-electron chi connectivity index (χ3n) is 3.11. The maximum atomic E-state index is 5.55. The number of aromatic nitrogens is 1. The zero-order valence-corrected chi connectivity index (χ0v) is 11.4. The van der Waals surface area contributed by atoms with Crippen molar-refractivity contribution >= 4 is 5.69 Å². The standard InChI is InChI=1S/C14H23N3O/c1-3-5-15-13-4-6-16-14(9-13)11-17-7-8-18-12(2)10-17/h4,6,9,12H,3,5,7-8,10-11H2,1-2H3,(H,15,16). The lowest BCUT2D eigenvalue weighted by Crippen LogP contribution is -2.40. The van der Waals surface area contributed by atoms with Crippen molar-refractivity contribution in [3.05, 3.63) is 24.0 Å². The van der Waals surface area contributed by atoms with Crippen LogP contribution in [0.2, 0.25) is 0 Å². The molecular formula is C14H23N3O. The molecule has 1 atom stereocenters. The number of rotatable bonds is 5. The van der Waals surface area contributed by atoms with Crippen molar-refractivity contribution in [3.8, 4) is 0 Å². The molecule has 1 aromatic rings. The Morgan fingerprint density at radius 3 is 3.22 bits per heavy atom. The number of morpholine rings is 1. The summed E-state index contributed by atoms with van der Waals surface area (Å²) in [5.74, 6) is 0. The summed E-state index contributed by atoms with van der Waals surface area (Å²) in [6.07, 6.45) is 3.36. The molecule has 0 bridgehead atoms. The van der Waals surface area contributed by atoms with Crippen LogP contribution in [-0.2, 0) is 11.3 Å². The molecule has 0 radical (unpaired) electrons. The molecule has 1 saturated heterocycles. The van der Waals surface area contributed by atoms with E-state index >= 15 is 0 Å². The Balaban J connectivity index is 1.91. The molecule has 1 aliphatic heterocycles. The lowest BCUT2D eigenvalue weighted by molar-refractivity contribution is -0.0215. The summed E-state index contributed by atoms with van der Waals surface area (Å²) in [5, 5.41) is 3.40. The van der Waals surface area contributed by atoms with Gasteiger partial charge >= 0.3 is 0 Å². The van der Waals surface area contributed by atoms with Crippen molar-refractivity contribution in [2.24, 2.45) is 0 Å². The summed E-state index contributed by atoms with van der Waals surface area (Å²) in [5.41, 5.74) is 2.30. The number of nitrogens with one attached hydrogen (secondary N) is 1. The molecule has 100 valence electrons. The van der Waals surface area contributed by atoms with Crippen LogP contribution in [0.4, 0.5) is 5.69 Å². The summed E-state index contributed by atoms with van der Waals surface area (Å²) >= 11 is 0. The third-order valence-corrected chi connectivity index (χ3v) is 3.11. The fourth-order valence-corrected chi connectivity index (χ4v) is 2.21. The molecule has 1 fully saturated rings. The van der Waals surface area contributed by atoms with E-state index in [1.165, 1.54) is 5.69 Å². The monoisotopic (exact) mass is 249 g/mol. The van der Waals surface area contributed by atoms with Crippen LogP contribution in [0.3, 0.4) is 0 Å². The number of pyridine rings is 1. The second kappa shape index (κ2) is 6.71. The van der Waals surface area contributed by atoms with Gasteiger partial charge in [0.25, 0.3) is 0 Å². The Hall–Kier alpha value is -1.13. The third kappa shape index (κ3) is 3.96. The lowest BCUT2D eigenvalue weighted by Gasteiger charge is -2.30. The molecule has 4 heteroatoms. The molecular weight excluding hydrogens is 226 g/mol. The number of hydrogen-bond donors (Lipinski definition) is 1.